The maximum absolute atomic E-state index is 13.2. The van der Waals surface area contributed by atoms with E-state index in [9.17, 15) is 58.2 Å². The van der Waals surface area contributed by atoms with E-state index in [4.69, 9.17) is 37.9 Å². The number of ether oxygens (including phenoxy) is 8. The summed E-state index contributed by atoms with van der Waals surface area (Å²) in [6.07, 6.45) is -14.9. The van der Waals surface area contributed by atoms with Crippen LogP contribution in [-0.2, 0) is 85.8 Å². The third kappa shape index (κ3) is 22.0. The highest BCUT2D eigenvalue weighted by Crippen LogP contribution is 2.22. The van der Waals surface area contributed by atoms with E-state index in [2.05, 4.69) is 10.6 Å². The first-order valence-corrected chi connectivity index (χ1v) is 19.0. The number of aliphatic hydroxyl groups is 2. The number of esters is 8. The summed E-state index contributed by atoms with van der Waals surface area (Å²) in [5.41, 5.74) is 0. The summed E-state index contributed by atoms with van der Waals surface area (Å²) in [4.78, 5) is 120. The minimum atomic E-state index is -1.94. The molecule has 0 saturated heterocycles. The van der Waals surface area contributed by atoms with Crippen molar-refractivity contribution in [1.82, 2.24) is 10.6 Å². The van der Waals surface area contributed by atoms with Gasteiger partial charge in [0.1, 0.15) is 25.4 Å². The summed E-state index contributed by atoms with van der Waals surface area (Å²) in [5.74, 6) is -9.19. The van der Waals surface area contributed by atoms with Gasteiger partial charge < -0.3 is 58.7 Å². The Hall–Kier alpha value is -4.68. The van der Waals surface area contributed by atoms with Crippen LogP contribution in [0.5, 0.6) is 0 Å². The van der Waals surface area contributed by atoms with Gasteiger partial charge in [-0.05, 0) is 0 Å². The number of hydrogen-bond acceptors (Lipinski definition) is 22. The number of carbonyl (C=O) groups excluding carboxylic acids is 10. The molecular formula is C32H48N2O20S2. The van der Waals surface area contributed by atoms with Gasteiger partial charge in [-0.2, -0.15) is 0 Å². The molecule has 2 amide bonds. The Kier molecular flexibility index (Phi) is 24.8. The predicted molar refractivity (Wildman–Crippen MR) is 190 cm³/mol. The van der Waals surface area contributed by atoms with Crippen LogP contribution in [0.1, 0.15) is 55.4 Å². The molecule has 0 spiro atoms. The highest BCUT2D eigenvalue weighted by Gasteiger charge is 2.46. The van der Waals surface area contributed by atoms with E-state index in [0.717, 1.165) is 55.4 Å². The maximum atomic E-state index is 13.2. The number of amides is 2. The van der Waals surface area contributed by atoms with Gasteiger partial charge in [-0.1, -0.05) is 21.6 Å². The molecule has 0 heterocycles. The van der Waals surface area contributed by atoms with E-state index in [-0.39, 0.29) is 24.6 Å². The summed E-state index contributed by atoms with van der Waals surface area (Å²) in [6, 6.07) is 0. The van der Waals surface area contributed by atoms with Gasteiger partial charge in [-0.15, -0.1) is 0 Å². The fourth-order valence-corrected chi connectivity index (χ4v) is 6.15. The first kappa shape index (κ1) is 51.3. The van der Waals surface area contributed by atoms with Gasteiger partial charge in [0.2, 0.25) is 12.2 Å². The average Bonchev–Trinajstić information content (AvgIpc) is 3.07. The van der Waals surface area contributed by atoms with Crippen LogP contribution in [0.2, 0.25) is 0 Å². The number of aliphatic hydroxyl groups excluding tert-OH is 2. The van der Waals surface area contributed by atoms with Crippen molar-refractivity contribution < 1.29 is 96.1 Å². The molecule has 8 atom stereocenters. The summed E-state index contributed by atoms with van der Waals surface area (Å²) in [5, 5.41) is 26.2. The van der Waals surface area contributed by atoms with Crippen molar-refractivity contribution in [2.45, 2.75) is 104 Å². The average molecular weight is 845 g/mol. The SMILES string of the molecule is CC(=O)OC[C@@H](O)[C@@H](OC(C)=O)[C@H](OC(C)=O)[C@@H](OC(C)=O)C(=O)NCCSSCCNC(=O)[C@H](OC(C)=O)[C@@H](OC(C)=O)[C@H](OC(C)=O)[C@H](O)COC(C)=O. The highest BCUT2D eigenvalue weighted by atomic mass is 33.1. The Morgan fingerprint density at radius 2 is 0.696 bits per heavy atom. The van der Waals surface area contributed by atoms with Crippen molar-refractivity contribution in [3.05, 3.63) is 0 Å². The molecule has 318 valence electrons. The molecule has 0 unspecified atom stereocenters. The molecular weight excluding hydrogens is 796 g/mol. The monoisotopic (exact) mass is 844 g/mol. The summed E-state index contributed by atoms with van der Waals surface area (Å²) >= 11 is 0. The van der Waals surface area contributed by atoms with Crippen LogP contribution >= 0.6 is 21.6 Å². The molecule has 0 aliphatic rings. The van der Waals surface area contributed by atoms with Crippen molar-refractivity contribution >= 4 is 81.2 Å². The van der Waals surface area contributed by atoms with Gasteiger partial charge in [-0.25, -0.2) is 0 Å². The van der Waals surface area contributed by atoms with E-state index >= 15 is 0 Å². The van der Waals surface area contributed by atoms with Crippen LogP contribution in [0.25, 0.3) is 0 Å². The molecule has 0 aromatic carbocycles. The van der Waals surface area contributed by atoms with E-state index < -0.39 is 122 Å². The molecule has 0 aliphatic carbocycles. The summed E-state index contributed by atoms with van der Waals surface area (Å²) in [6.45, 7) is 6.16. The van der Waals surface area contributed by atoms with Crippen LogP contribution in [0, 0.1) is 0 Å². The zero-order chi connectivity index (χ0) is 43.1. The van der Waals surface area contributed by atoms with Crippen LogP contribution in [0.4, 0.5) is 0 Å². The van der Waals surface area contributed by atoms with Crippen LogP contribution < -0.4 is 10.6 Å². The number of rotatable bonds is 25. The lowest BCUT2D eigenvalue weighted by atomic mass is 10.0. The lowest BCUT2D eigenvalue weighted by Crippen LogP contribution is -2.56. The molecule has 22 nitrogen and oxygen atoms in total. The molecule has 0 fully saturated rings. The fraction of sp³-hybridized carbons (Fsp3) is 0.688. The maximum Gasteiger partial charge on any atom is 0.303 e. The largest absolute Gasteiger partial charge is 0.463 e. The Bertz CT molecular complexity index is 1290. The van der Waals surface area contributed by atoms with Crippen LogP contribution in [0.15, 0.2) is 0 Å². The van der Waals surface area contributed by atoms with Crippen molar-refractivity contribution in [3.63, 3.8) is 0 Å². The van der Waals surface area contributed by atoms with E-state index in [1.54, 1.807) is 0 Å². The first-order chi connectivity index (χ1) is 26.1. The second kappa shape index (κ2) is 27.0. The third-order valence-corrected chi connectivity index (χ3v) is 8.69. The highest BCUT2D eigenvalue weighted by molar-refractivity contribution is 8.76. The second-order valence-corrected chi connectivity index (χ2v) is 14.0. The summed E-state index contributed by atoms with van der Waals surface area (Å²) in [7, 11) is 2.38. The van der Waals surface area contributed by atoms with Crippen molar-refractivity contribution in [1.29, 1.82) is 0 Å². The smallest absolute Gasteiger partial charge is 0.303 e. The lowest BCUT2D eigenvalue weighted by Gasteiger charge is -2.33. The molecule has 0 saturated carbocycles. The van der Waals surface area contributed by atoms with Crippen LogP contribution in [-0.4, -0.2) is 156 Å². The Labute approximate surface area is 329 Å². The van der Waals surface area contributed by atoms with Gasteiger partial charge >= 0.3 is 47.8 Å². The fourth-order valence-electron chi connectivity index (χ4n) is 4.34. The predicted octanol–water partition coefficient (Wildman–Crippen LogP) is -1.96. The standard InChI is InChI=1S/C32H48N2O20S2/c1-15(35)47-13-23(43)25(49-17(3)37)27(51-19(5)39)29(53-21(7)41)31(45)33-9-11-55-56-12-10-34-32(46)30(54-22(8)42)28(52-20(6)40)26(50-18(4)38)24(44)14-48-16(2)36/h23-30,43-44H,9-14H2,1-8H3,(H,33,45)(H,34,46)/t23-,24-,25-,26-,27+,28+,29-,30-/m1/s1. The normalized spacial score (nSPS) is 15.0. The third-order valence-electron chi connectivity index (χ3n) is 6.28. The zero-order valence-electron chi connectivity index (χ0n) is 31.9. The van der Waals surface area contributed by atoms with Gasteiger partial charge in [-0.3, -0.25) is 47.9 Å². The van der Waals surface area contributed by atoms with Crippen molar-refractivity contribution in [2.75, 3.05) is 37.8 Å². The lowest BCUT2D eigenvalue weighted by molar-refractivity contribution is -0.197. The number of nitrogens with one attached hydrogen (secondary N) is 2. The van der Waals surface area contributed by atoms with E-state index in [0.29, 0.717) is 0 Å². The van der Waals surface area contributed by atoms with E-state index in [1.807, 2.05) is 0 Å². The zero-order valence-corrected chi connectivity index (χ0v) is 33.6. The van der Waals surface area contributed by atoms with Gasteiger partial charge in [0.05, 0.1) is 0 Å². The van der Waals surface area contributed by atoms with Gasteiger partial charge in [0.15, 0.2) is 24.4 Å². The Balaban J connectivity index is 5.63. The van der Waals surface area contributed by atoms with E-state index in [1.165, 1.54) is 21.6 Å². The van der Waals surface area contributed by atoms with Gasteiger partial charge in [0.25, 0.3) is 11.8 Å². The quantitative estimate of drug-likeness (QED) is 0.0335. The number of hydrogen-bond donors (Lipinski definition) is 4. The molecule has 4 N–H and O–H groups in total. The minimum absolute atomic E-state index is 0.0759. The minimum Gasteiger partial charge on any atom is -0.463 e. The Morgan fingerprint density at radius 3 is 0.946 bits per heavy atom. The molecule has 0 rings (SSSR count). The molecule has 0 bridgehead atoms. The molecule has 0 radical (unpaired) electrons. The van der Waals surface area contributed by atoms with Crippen molar-refractivity contribution in [2.24, 2.45) is 0 Å². The van der Waals surface area contributed by atoms with Gasteiger partial charge in [0, 0.05) is 80.0 Å². The molecule has 0 aromatic rings. The summed E-state index contributed by atoms with van der Waals surface area (Å²) < 4.78 is 40.1. The molecule has 24 heteroatoms. The van der Waals surface area contributed by atoms with Crippen LogP contribution in [0.3, 0.4) is 0 Å². The molecule has 0 aromatic heterocycles. The molecule has 56 heavy (non-hydrogen) atoms. The molecule has 0 aliphatic heterocycles. The number of carbonyl (C=O) groups is 10. The Morgan fingerprint density at radius 1 is 0.429 bits per heavy atom. The topological polar surface area (TPSA) is 309 Å². The van der Waals surface area contributed by atoms with Crippen molar-refractivity contribution in [3.8, 4) is 0 Å². The first-order valence-electron chi connectivity index (χ1n) is 16.5. The second-order valence-electron chi connectivity index (χ2n) is 11.3.